The van der Waals surface area contributed by atoms with Gasteiger partial charge < -0.3 is 10.1 Å². The van der Waals surface area contributed by atoms with E-state index in [1.807, 2.05) is 6.92 Å². The molecule has 0 unspecified atom stereocenters. The second-order valence-electron chi connectivity index (χ2n) is 4.87. The zero-order valence-electron chi connectivity index (χ0n) is 12.8. The molecule has 0 aliphatic heterocycles. The van der Waals surface area contributed by atoms with E-state index in [0.717, 1.165) is 41.0 Å². The zero-order valence-corrected chi connectivity index (χ0v) is 14.4. The average Bonchev–Trinajstić information content (AvgIpc) is 2.91. The molecule has 21 heavy (non-hydrogen) atoms. The van der Waals surface area contributed by atoms with Gasteiger partial charge in [0.25, 0.3) is 0 Å². The molecule has 3 nitrogen and oxygen atoms in total. The largest absolute Gasteiger partial charge is 0.496 e. The third kappa shape index (κ3) is 5.02. The second-order valence-corrected chi connectivity index (χ2v) is 6.95. The quantitative estimate of drug-likeness (QED) is 0.582. The fourth-order valence-electron chi connectivity index (χ4n) is 2.00. The van der Waals surface area contributed by atoms with Crippen LogP contribution in [-0.2, 0) is 12.3 Å². The van der Waals surface area contributed by atoms with Crippen LogP contribution in [0.15, 0.2) is 27.9 Å². The highest BCUT2D eigenvalue weighted by Crippen LogP contribution is 2.30. The first-order valence-corrected chi connectivity index (χ1v) is 9.01. The molecule has 0 saturated carbocycles. The number of methoxy groups -OCH3 is 1. The molecule has 1 N–H and O–H groups in total. The summed E-state index contributed by atoms with van der Waals surface area (Å²) in [6.45, 7) is 6.17. The minimum atomic E-state index is 0.887. The first kappa shape index (κ1) is 16.3. The molecular weight excluding hydrogens is 300 g/mol. The van der Waals surface area contributed by atoms with Crippen molar-refractivity contribution in [1.29, 1.82) is 0 Å². The van der Waals surface area contributed by atoms with Crippen LogP contribution in [0.2, 0.25) is 0 Å². The van der Waals surface area contributed by atoms with Crippen molar-refractivity contribution in [3.05, 3.63) is 40.4 Å². The molecular formula is C16H22N2OS2. The summed E-state index contributed by atoms with van der Waals surface area (Å²) in [5.74, 6) is 1.84. The Kier molecular flexibility index (Phi) is 6.54. The maximum Gasteiger partial charge on any atom is 0.150 e. The molecule has 0 fully saturated rings. The minimum Gasteiger partial charge on any atom is -0.496 e. The fraction of sp³-hybridized carbons (Fsp3) is 0.438. The first-order valence-electron chi connectivity index (χ1n) is 7.14. The average molecular weight is 322 g/mol. The predicted molar refractivity (Wildman–Crippen MR) is 91.4 cm³/mol. The van der Waals surface area contributed by atoms with E-state index >= 15 is 0 Å². The van der Waals surface area contributed by atoms with Gasteiger partial charge in [-0.3, -0.25) is 0 Å². The number of aryl methyl sites for hydroxylation is 1. The number of thiazole rings is 1. The Balaban J connectivity index is 2.02. The van der Waals surface area contributed by atoms with Crippen LogP contribution in [0.5, 0.6) is 5.75 Å². The number of thioether (sulfide) groups is 1. The van der Waals surface area contributed by atoms with Crippen molar-refractivity contribution >= 4 is 23.1 Å². The highest BCUT2D eigenvalue weighted by molar-refractivity contribution is 8.00. The Bertz CT molecular complexity index is 569. The van der Waals surface area contributed by atoms with E-state index in [2.05, 4.69) is 40.8 Å². The lowest BCUT2D eigenvalue weighted by Gasteiger charge is -2.10. The van der Waals surface area contributed by atoms with E-state index < -0.39 is 0 Å². The van der Waals surface area contributed by atoms with Crippen LogP contribution >= 0.6 is 23.1 Å². The second kappa shape index (κ2) is 8.41. The Morgan fingerprint density at radius 2 is 2.24 bits per heavy atom. The standard InChI is InChI=1S/C16H22N2OS2/c1-4-7-17-9-13-5-6-15(19-3)14(8-13)11-21-16-18-12(2)10-20-16/h5-6,8,10,17H,4,7,9,11H2,1-3H3. The summed E-state index contributed by atoms with van der Waals surface area (Å²) in [6, 6.07) is 6.42. The van der Waals surface area contributed by atoms with Crippen LogP contribution in [0.25, 0.3) is 0 Å². The topological polar surface area (TPSA) is 34.1 Å². The van der Waals surface area contributed by atoms with Gasteiger partial charge in [-0.1, -0.05) is 24.8 Å². The lowest BCUT2D eigenvalue weighted by Crippen LogP contribution is -2.13. The van der Waals surface area contributed by atoms with E-state index in [-0.39, 0.29) is 0 Å². The molecule has 0 amide bonds. The monoisotopic (exact) mass is 322 g/mol. The van der Waals surface area contributed by atoms with Crippen molar-refractivity contribution in [2.75, 3.05) is 13.7 Å². The molecule has 0 spiro atoms. The van der Waals surface area contributed by atoms with Crippen LogP contribution in [0.3, 0.4) is 0 Å². The third-order valence-electron chi connectivity index (χ3n) is 3.05. The number of nitrogens with zero attached hydrogens (tertiary/aromatic N) is 1. The Morgan fingerprint density at radius 1 is 1.38 bits per heavy atom. The van der Waals surface area contributed by atoms with Crippen molar-refractivity contribution in [2.24, 2.45) is 0 Å². The number of nitrogens with one attached hydrogen (secondary N) is 1. The summed E-state index contributed by atoms with van der Waals surface area (Å²) in [6.07, 6.45) is 1.16. The van der Waals surface area contributed by atoms with Gasteiger partial charge in [0, 0.05) is 28.9 Å². The number of hydrogen-bond acceptors (Lipinski definition) is 5. The van der Waals surface area contributed by atoms with Crippen LogP contribution in [0.1, 0.15) is 30.2 Å². The van der Waals surface area contributed by atoms with E-state index in [0.29, 0.717) is 0 Å². The van der Waals surface area contributed by atoms with Gasteiger partial charge in [0.05, 0.1) is 7.11 Å². The summed E-state index contributed by atoms with van der Waals surface area (Å²) in [5, 5.41) is 5.52. The fourth-order valence-corrected chi connectivity index (χ4v) is 3.83. The minimum absolute atomic E-state index is 0.887. The van der Waals surface area contributed by atoms with Gasteiger partial charge in [0.1, 0.15) is 10.1 Å². The third-order valence-corrected chi connectivity index (χ3v) is 5.24. The number of hydrogen-bond donors (Lipinski definition) is 1. The predicted octanol–water partition coefficient (Wildman–Crippen LogP) is 4.25. The van der Waals surface area contributed by atoms with Gasteiger partial charge in [-0.25, -0.2) is 4.98 Å². The van der Waals surface area contributed by atoms with Crippen LogP contribution in [0, 0.1) is 6.92 Å². The van der Waals surface area contributed by atoms with Crippen LogP contribution in [0.4, 0.5) is 0 Å². The summed E-state index contributed by atoms with van der Waals surface area (Å²) < 4.78 is 6.58. The Morgan fingerprint density at radius 3 is 2.90 bits per heavy atom. The number of aromatic nitrogens is 1. The van der Waals surface area contributed by atoms with Crippen LogP contribution < -0.4 is 10.1 Å². The molecule has 1 aromatic carbocycles. The van der Waals surface area contributed by atoms with Gasteiger partial charge in [0.2, 0.25) is 0 Å². The lowest BCUT2D eigenvalue weighted by molar-refractivity contribution is 0.411. The SMILES string of the molecule is CCCNCc1ccc(OC)c(CSc2nc(C)cs2)c1. The molecule has 2 aromatic rings. The maximum absolute atomic E-state index is 5.47. The molecule has 0 bridgehead atoms. The number of benzene rings is 1. The van der Waals surface area contributed by atoms with Crippen molar-refractivity contribution < 1.29 is 4.74 Å². The van der Waals surface area contributed by atoms with E-state index in [1.165, 1.54) is 11.1 Å². The summed E-state index contributed by atoms with van der Waals surface area (Å²) in [7, 11) is 1.73. The maximum atomic E-state index is 5.47. The Hall–Kier alpha value is -1.04. The number of rotatable bonds is 8. The molecule has 1 aromatic heterocycles. The smallest absolute Gasteiger partial charge is 0.150 e. The zero-order chi connectivity index (χ0) is 15.1. The van der Waals surface area contributed by atoms with Crippen LogP contribution in [-0.4, -0.2) is 18.6 Å². The van der Waals surface area contributed by atoms with E-state index in [9.17, 15) is 0 Å². The number of ether oxygens (including phenoxy) is 1. The molecule has 2 rings (SSSR count). The summed E-state index contributed by atoms with van der Waals surface area (Å²) in [5.41, 5.74) is 3.62. The molecule has 114 valence electrons. The molecule has 5 heteroatoms. The Labute approximate surface area is 135 Å². The van der Waals surface area contributed by atoms with E-state index in [1.54, 1.807) is 30.2 Å². The molecule has 1 heterocycles. The molecule has 0 radical (unpaired) electrons. The summed E-state index contributed by atoms with van der Waals surface area (Å²) >= 11 is 3.47. The van der Waals surface area contributed by atoms with Crippen molar-refractivity contribution in [2.45, 2.75) is 36.9 Å². The van der Waals surface area contributed by atoms with Crippen molar-refractivity contribution in [3.63, 3.8) is 0 Å². The molecule has 0 atom stereocenters. The molecule has 0 saturated heterocycles. The lowest BCUT2D eigenvalue weighted by atomic mass is 10.1. The van der Waals surface area contributed by atoms with Gasteiger partial charge in [-0.05, 0) is 37.6 Å². The highest BCUT2D eigenvalue weighted by atomic mass is 32.2. The summed E-state index contributed by atoms with van der Waals surface area (Å²) in [4.78, 5) is 4.49. The normalized spacial score (nSPS) is 10.8. The highest BCUT2D eigenvalue weighted by Gasteiger charge is 2.07. The van der Waals surface area contributed by atoms with Crippen molar-refractivity contribution in [1.82, 2.24) is 10.3 Å². The van der Waals surface area contributed by atoms with Gasteiger partial charge >= 0.3 is 0 Å². The van der Waals surface area contributed by atoms with Crippen molar-refractivity contribution in [3.8, 4) is 5.75 Å². The van der Waals surface area contributed by atoms with Gasteiger partial charge in [-0.2, -0.15) is 0 Å². The molecule has 0 aliphatic carbocycles. The first-order chi connectivity index (χ1) is 10.2. The van der Waals surface area contributed by atoms with Gasteiger partial charge in [0.15, 0.2) is 0 Å². The van der Waals surface area contributed by atoms with Gasteiger partial charge in [-0.15, -0.1) is 11.3 Å². The van der Waals surface area contributed by atoms with E-state index in [4.69, 9.17) is 4.74 Å². The molecule has 0 aliphatic rings.